The van der Waals surface area contributed by atoms with Crippen molar-refractivity contribution in [2.24, 2.45) is 0 Å². The van der Waals surface area contributed by atoms with Gasteiger partial charge in [-0.2, -0.15) is 0 Å². The van der Waals surface area contributed by atoms with Gasteiger partial charge in [-0.3, -0.25) is 9.59 Å². The van der Waals surface area contributed by atoms with Gasteiger partial charge in [-0.25, -0.2) is 13.4 Å². The molecule has 0 spiro atoms. The van der Waals surface area contributed by atoms with E-state index in [0.29, 0.717) is 18.0 Å². The van der Waals surface area contributed by atoms with Crippen LogP contribution in [0.25, 0.3) is 11.3 Å². The lowest BCUT2D eigenvalue weighted by molar-refractivity contribution is -0.115. The lowest BCUT2D eigenvalue weighted by Gasteiger charge is -2.17. The molecule has 9 heteroatoms. The van der Waals surface area contributed by atoms with Crippen molar-refractivity contribution in [3.05, 3.63) is 65.0 Å². The summed E-state index contributed by atoms with van der Waals surface area (Å²) in [5.41, 5.74) is 2.65. The Bertz CT molecular complexity index is 1200. The summed E-state index contributed by atoms with van der Waals surface area (Å²) in [5.74, 6) is -0.826. The Labute approximate surface area is 178 Å². The largest absolute Gasteiger partial charge is 0.343 e. The number of nitrogens with one attached hydrogen (secondary N) is 2. The zero-order valence-electron chi connectivity index (χ0n) is 15.9. The van der Waals surface area contributed by atoms with Crippen LogP contribution in [0.2, 0.25) is 0 Å². The van der Waals surface area contributed by atoms with Crippen LogP contribution in [0.4, 0.5) is 5.13 Å². The van der Waals surface area contributed by atoms with Gasteiger partial charge in [0.15, 0.2) is 15.0 Å². The first-order valence-corrected chi connectivity index (χ1v) is 11.9. The molecule has 3 aromatic rings. The number of rotatable bonds is 5. The molecular formula is C21H19N3O4S2. The number of benzene rings is 2. The lowest BCUT2D eigenvalue weighted by atomic mass is 10.1. The summed E-state index contributed by atoms with van der Waals surface area (Å²) < 4.78 is 24.4. The standard InChI is InChI=1S/C21H19N3O4S2/c25-19(24-21-23-17(13-29-21)14-5-2-1-3-6-14)12-22-20(26)16-9-8-15-7-4-10-30(27,28)18(15)11-16/h1-3,5-6,8-9,11,13H,4,7,10,12H2,(H,22,26)(H,23,24,25). The molecule has 0 fully saturated rings. The Hall–Kier alpha value is -3.04. The van der Waals surface area contributed by atoms with E-state index < -0.39 is 21.7 Å². The Morgan fingerprint density at radius 2 is 1.90 bits per heavy atom. The maximum absolute atomic E-state index is 12.4. The number of aryl methyl sites for hydroxylation is 1. The van der Waals surface area contributed by atoms with Crippen LogP contribution in [0.15, 0.2) is 58.8 Å². The van der Waals surface area contributed by atoms with Crippen molar-refractivity contribution in [3.63, 3.8) is 0 Å². The van der Waals surface area contributed by atoms with Crippen LogP contribution in [0, 0.1) is 0 Å². The molecule has 1 aliphatic rings. The van der Waals surface area contributed by atoms with Crippen molar-refractivity contribution in [2.75, 3.05) is 17.6 Å². The van der Waals surface area contributed by atoms with E-state index in [-0.39, 0.29) is 22.8 Å². The monoisotopic (exact) mass is 441 g/mol. The minimum Gasteiger partial charge on any atom is -0.343 e. The fraction of sp³-hybridized carbons (Fsp3) is 0.190. The fourth-order valence-corrected chi connectivity index (χ4v) is 5.61. The number of carbonyl (C=O) groups excluding carboxylic acids is 2. The van der Waals surface area contributed by atoms with Gasteiger partial charge in [0.25, 0.3) is 5.91 Å². The van der Waals surface area contributed by atoms with Gasteiger partial charge in [0.2, 0.25) is 5.91 Å². The molecule has 154 valence electrons. The normalized spacial score (nSPS) is 14.5. The molecule has 0 saturated carbocycles. The van der Waals surface area contributed by atoms with Gasteiger partial charge >= 0.3 is 0 Å². The van der Waals surface area contributed by atoms with Gasteiger partial charge < -0.3 is 10.6 Å². The molecule has 0 bridgehead atoms. The average Bonchev–Trinajstić information content (AvgIpc) is 3.21. The molecule has 1 aliphatic heterocycles. The molecule has 0 saturated heterocycles. The number of nitrogens with zero attached hydrogens (tertiary/aromatic N) is 1. The van der Waals surface area contributed by atoms with Crippen molar-refractivity contribution in [3.8, 4) is 11.3 Å². The first kappa shape index (κ1) is 20.2. The third-order valence-electron chi connectivity index (χ3n) is 4.75. The van der Waals surface area contributed by atoms with Gasteiger partial charge in [-0.15, -0.1) is 11.3 Å². The first-order valence-electron chi connectivity index (χ1n) is 9.37. The molecule has 7 nitrogen and oxygen atoms in total. The minimum absolute atomic E-state index is 0.0895. The van der Waals surface area contributed by atoms with Gasteiger partial charge in [0, 0.05) is 16.5 Å². The molecule has 2 aromatic carbocycles. The van der Waals surface area contributed by atoms with Crippen LogP contribution in [0.5, 0.6) is 0 Å². The number of sulfone groups is 1. The Balaban J connectivity index is 1.37. The quantitative estimate of drug-likeness (QED) is 0.633. The number of aromatic nitrogens is 1. The maximum Gasteiger partial charge on any atom is 0.251 e. The van der Waals surface area contributed by atoms with E-state index in [1.165, 1.54) is 17.4 Å². The molecule has 0 atom stereocenters. The first-order chi connectivity index (χ1) is 14.4. The van der Waals surface area contributed by atoms with Crippen LogP contribution < -0.4 is 10.6 Å². The summed E-state index contributed by atoms with van der Waals surface area (Å²) in [4.78, 5) is 29.2. The molecular weight excluding hydrogens is 422 g/mol. The number of hydrogen-bond acceptors (Lipinski definition) is 6. The van der Waals surface area contributed by atoms with Gasteiger partial charge in [-0.1, -0.05) is 36.4 Å². The minimum atomic E-state index is -3.36. The number of anilines is 1. The number of thiazole rings is 1. The van der Waals surface area contributed by atoms with Crippen LogP contribution >= 0.6 is 11.3 Å². The van der Waals surface area contributed by atoms with Crippen molar-refractivity contribution in [2.45, 2.75) is 17.7 Å². The van der Waals surface area contributed by atoms with Crippen molar-refractivity contribution >= 4 is 38.1 Å². The molecule has 0 aliphatic carbocycles. The van der Waals surface area contributed by atoms with E-state index in [0.717, 1.165) is 16.8 Å². The van der Waals surface area contributed by atoms with Crippen molar-refractivity contribution in [1.82, 2.24) is 10.3 Å². The van der Waals surface area contributed by atoms with Gasteiger partial charge in [0.05, 0.1) is 22.9 Å². The van der Waals surface area contributed by atoms with E-state index >= 15 is 0 Å². The number of amides is 2. The molecule has 0 radical (unpaired) electrons. The molecule has 30 heavy (non-hydrogen) atoms. The van der Waals surface area contributed by atoms with E-state index in [9.17, 15) is 18.0 Å². The highest BCUT2D eigenvalue weighted by atomic mass is 32.2. The highest BCUT2D eigenvalue weighted by molar-refractivity contribution is 7.91. The second-order valence-corrected chi connectivity index (χ2v) is 9.82. The Morgan fingerprint density at radius 3 is 2.70 bits per heavy atom. The summed E-state index contributed by atoms with van der Waals surface area (Å²) in [6, 6.07) is 14.2. The smallest absolute Gasteiger partial charge is 0.251 e. The molecule has 1 aromatic heterocycles. The predicted octanol–water partition coefficient (Wildman–Crippen LogP) is 2.90. The van der Waals surface area contributed by atoms with Crippen LogP contribution in [0.1, 0.15) is 22.3 Å². The highest BCUT2D eigenvalue weighted by Crippen LogP contribution is 2.26. The average molecular weight is 442 g/mol. The molecule has 0 unspecified atom stereocenters. The van der Waals surface area contributed by atoms with E-state index in [1.807, 2.05) is 35.7 Å². The molecule has 4 rings (SSSR count). The number of hydrogen-bond donors (Lipinski definition) is 2. The van der Waals surface area contributed by atoms with Crippen LogP contribution in [-0.2, 0) is 21.1 Å². The summed E-state index contributed by atoms with van der Waals surface area (Å²) in [6.45, 7) is -0.247. The summed E-state index contributed by atoms with van der Waals surface area (Å²) in [6.07, 6.45) is 1.27. The topological polar surface area (TPSA) is 105 Å². The summed E-state index contributed by atoms with van der Waals surface area (Å²) in [5, 5.41) is 7.46. The van der Waals surface area contributed by atoms with Gasteiger partial charge in [-0.05, 0) is 30.5 Å². The van der Waals surface area contributed by atoms with E-state index in [1.54, 1.807) is 12.1 Å². The van der Waals surface area contributed by atoms with E-state index in [2.05, 4.69) is 15.6 Å². The number of carbonyl (C=O) groups is 2. The zero-order chi connectivity index (χ0) is 21.1. The van der Waals surface area contributed by atoms with Crippen LogP contribution in [-0.4, -0.2) is 37.5 Å². The third-order valence-corrected chi connectivity index (χ3v) is 7.39. The second kappa shape index (κ2) is 8.37. The molecule has 2 heterocycles. The molecule has 2 amide bonds. The van der Waals surface area contributed by atoms with Crippen molar-refractivity contribution in [1.29, 1.82) is 0 Å². The Morgan fingerprint density at radius 1 is 1.10 bits per heavy atom. The Kier molecular flexibility index (Phi) is 5.65. The molecule has 2 N–H and O–H groups in total. The van der Waals surface area contributed by atoms with Crippen LogP contribution in [0.3, 0.4) is 0 Å². The fourth-order valence-electron chi connectivity index (χ4n) is 3.25. The van der Waals surface area contributed by atoms with E-state index in [4.69, 9.17) is 0 Å². The maximum atomic E-state index is 12.4. The third kappa shape index (κ3) is 4.42. The SMILES string of the molecule is O=C(CNC(=O)c1ccc2c(c1)S(=O)(=O)CCC2)Nc1nc(-c2ccccc2)cs1. The van der Waals surface area contributed by atoms with Gasteiger partial charge in [0.1, 0.15) is 0 Å². The highest BCUT2D eigenvalue weighted by Gasteiger charge is 2.24. The summed E-state index contributed by atoms with van der Waals surface area (Å²) in [7, 11) is -3.36. The van der Waals surface area contributed by atoms with Crippen molar-refractivity contribution < 1.29 is 18.0 Å². The number of fused-ring (bicyclic) bond motifs is 1. The summed E-state index contributed by atoms with van der Waals surface area (Å²) >= 11 is 1.30. The second-order valence-electron chi connectivity index (χ2n) is 6.88. The zero-order valence-corrected chi connectivity index (χ0v) is 17.6. The lowest BCUT2D eigenvalue weighted by Crippen LogP contribution is -2.33. The predicted molar refractivity (Wildman–Crippen MR) is 115 cm³/mol.